The fraction of sp³-hybridized carbons (Fsp3) is 0.0833. The predicted molar refractivity (Wildman–Crippen MR) is 69.8 cm³/mol. The van der Waals surface area contributed by atoms with E-state index >= 15 is 0 Å². The Morgan fingerprint density at radius 3 is 2.50 bits per heavy atom. The molecular weight excluding hydrogens is 252 g/mol. The number of hydrogen-bond donors (Lipinski definition) is 1. The molecule has 0 aliphatic heterocycles. The van der Waals surface area contributed by atoms with Crippen molar-refractivity contribution in [2.45, 2.75) is 4.90 Å². The fourth-order valence-electron chi connectivity index (χ4n) is 1.54. The van der Waals surface area contributed by atoms with Gasteiger partial charge in [-0.15, -0.1) is 4.40 Å². The van der Waals surface area contributed by atoms with Crippen LogP contribution in [0.5, 0.6) is 0 Å². The van der Waals surface area contributed by atoms with Gasteiger partial charge in [0.05, 0.1) is 12.0 Å². The third kappa shape index (κ3) is 2.43. The second-order valence-corrected chi connectivity index (χ2v) is 5.22. The van der Waals surface area contributed by atoms with E-state index in [0.29, 0.717) is 0 Å². The van der Waals surface area contributed by atoms with Gasteiger partial charge >= 0.3 is 0 Å². The van der Waals surface area contributed by atoms with Gasteiger partial charge in [-0.1, -0.05) is 30.3 Å². The Hall–Kier alpha value is -2.08. The van der Waals surface area contributed by atoms with Crippen molar-refractivity contribution in [1.82, 2.24) is 0 Å². The molecule has 6 heteroatoms. The van der Waals surface area contributed by atoms with Crippen LogP contribution < -0.4 is 5.73 Å². The first-order chi connectivity index (χ1) is 8.53. The SMILES string of the molecule is COC(N)=NS(=O)(=O)c1ccc2ccccc2c1. The van der Waals surface area contributed by atoms with E-state index in [-0.39, 0.29) is 10.9 Å². The summed E-state index contributed by atoms with van der Waals surface area (Å²) in [5.41, 5.74) is 5.26. The number of ether oxygens (including phenoxy) is 1. The van der Waals surface area contributed by atoms with Gasteiger partial charge in [-0.25, -0.2) is 0 Å². The van der Waals surface area contributed by atoms with Gasteiger partial charge in [-0.3, -0.25) is 0 Å². The molecule has 0 radical (unpaired) electrons. The first kappa shape index (κ1) is 12.4. The fourth-order valence-corrected chi connectivity index (χ4v) is 2.47. The van der Waals surface area contributed by atoms with Crippen molar-refractivity contribution < 1.29 is 13.2 Å². The third-order valence-electron chi connectivity index (χ3n) is 2.44. The van der Waals surface area contributed by atoms with Gasteiger partial charge in [0.25, 0.3) is 16.0 Å². The Labute approximate surface area is 105 Å². The predicted octanol–water partition coefficient (Wildman–Crippen LogP) is 1.49. The highest BCUT2D eigenvalue weighted by molar-refractivity contribution is 7.90. The maximum absolute atomic E-state index is 11.9. The van der Waals surface area contributed by atoms with Gasteiger partial charge in [0.15, 0.2) is 0 Å². The molecule has 0 amide bonds. The van der Waals surface area contributed by atoms with Crippen molar-refractivity contribution in [2.24, 2.45) is 10.1 Å². The summed E-state index contributed by atoms with van der Waals surface area (Å²) in [5, 5.41) is 1.78. The normalized spacial score (nSPS) is 12.6. The highest BCUT2D eigenvalue weighted by Gasteiger charge is 2.14. The van der Waals surface area contributed by atoms with E-state index in [1.165, 1.54) is 13.2 Å². The summed E-state index contributed by atoms with van der Waals surface area (Å²) in [7, 11) is -2.57. The minimum atomic E-state index is -3.83. The van der Waals surface area contributed by atoms with Gasteiger partial charge in [-0.2, -0.15) is 8.42 Å². The van der Waals surface area contributed by atoms with Gasteiger partial charge in [-0.05, 0) is 22.9 Å². The largest absolute Gasteiger partial charge is 0.468 e. The number of hydrogen-bond acceptors (Lipinski definition) is 3. The zero-order valence-electron chi connectivity index (χ0n) is 9.70. The summed E-state index contributed by atoms with van der Waals surface area (Å²) in [4.78, 5) is 0.0844. The molecular formula is C12H12N2O3S. The van der Waals surface area contributed by atoms with E-state index in [9.17, 15) is 8.42 Å². The standard InChI is InChI=1S/C12H12N2O3S/c1-17-12(13)14-18(15,16)11-7-6-9-4-2-3-5-10(9)8-11/h2-8H,1H3,(H2,13,14). The molecule has 0 aliphatic carbocycles. The molecule has 0 spiro atoms. The third-order valence-corrected chi connectivity index (χ3v) is 3.71. The molecule has 0 atom stereocenters. The summed E-state index contributed by atoms with van der Waals surface area (Å²) in [6, 6.07) is 11.8. The molecule has 2 rings (SSSR count). The topological polar surface area (TPSA) is 81.8 Å². The molecule has 0 aromatic heterocycles. The lowest BCUT2D eigenvalue weighted by Gasteiger charge is -2.02. The van der Waals surface area contributed by atoms with Crippen molar-refractivity contribution in [2.75, 3.05) is 7.11 Å². The number of benzene rings is 2. The molecule has 0 bridgehead atoms. The Balaban J connectivity index is 2.55. The minimum Gasteiger partial charge on any atom is -0.468 e. The number of amidine groups is 1. The number of fused-ring (bicyclic) bond motifs is 1. The van der Waals surface area contributed by atoms with E-state index in [1.54, 1.807) is 12.1 Å². The number of sulfonamides is 1. The van der Waals surface area contributed by atoms with Crippen LogP contribution in [0.4, 0.5) is 0 Å². The number of methoxy groups -OCH3 is 1. The summed E-state index contributed by atoms with van der Waals surface area (Å²) in [6.07, 6.45) is 0. The van der Waals surface area contributed by atoms with E-state index in [0.717, 1.165) is 10.8 Å². The lowest BCUT2D eigenvalue weighted by Crippen LogP contribution is -2.16. The molecule has 0 unspecified atom stereocenters. The van der Waals surface area contributed by atoms with Crippen molar-refractivity contribution >= 4 is 26.8 Å². The lowest BCUT2D eigenvalue weighted by molar-refractivity contribution is 0.397. The highest BCUT2D eigenvalue weighted by atomic mass is 32.2. The van der Waals surface area contributed by atoms with Gasteiger partial charge in [0, 0.05) is 0 Å². The smallest absolute Gasteiger partial charge is 0.297 e. The molecule has 5 nitrogen and oxygen atoms in total. The molecule has 2 N–H and O–H groups in total. The van der Waals surface area contributed by atoms with Crippen LogP contribution in [0.1, 0.15) is 0 Å². The van der Waals surface area contributed by atoms with E-state index in [1.807, 2.05) is 24.3 Å². The number of nitrogens with zero attached hydrogens (tertiary/aromatic N) is 1. The summed E-state index contributed by atoms with van der Waals surface area (Å²) in [5.74, 6) is 0. The second kappa shape index (κ2) is 4.66. The Morgan fingerprint density at radius 1 is 1.17 bits per heavy atom. The van der Waals surface area contributed by atoms with Crippen molar-refractivity contribution in [3.8, 4) is 0 Å². The average Bonchev–Trinajstić information content (AvgIpc) is 2.37. The monoisotopic (exact) mass is 264 g/mol. The van der Waals surface area contributed by atoms with Crippen LogP contribution >= 0.6 is 0 Å². The zero-order chi connectivity index (χ0) is 13.2. The van der Waals surface area contributed by atoms with Gasteiger partial charge in [0.1, 0.15) is 0 Å². The van der Waals surface area contributed by atoms with Crippen LogP contribution in [-0.4, -0.2) is 21.5 Å². The first-order valence-corrected chi connectivity index (χ1v) is 6.60. The van der Waals surface area contributed by atoms with Crippen LogP contribution in [0.3, 0.4) is 0 Å². The van der Waals surface area contributed by atoms with E-state index in [4.69, 9.17) is 5.73 Å². The highest BCUT2D eigenvalue weighted by Crippen LogP contribution is 2.20. The van der Waals surface area contributed by atoms with E-state index in [2.05, 4.69) is 9.13 Å². The Morgan fingerprint density at radius 2 is 1.83 bits per heavy atom. The van der Waals surface area contributed by atoms with Crippen LogP contribution in [0.2, 0.25) is 0 Å². The van der Waals surface area contributed by atoms with Crippen LogP contribution in [0.15, 0.2) is 51.8 Å². The molecule has 18 heavy (non-hydrogen) atoms. The van der Waals surface area contributed by atoms with E-state index < -0.39 is 10.0 Å². The minimum absolute atomic E-state index is 0.0844. The molecule has 0 saturated heterocycles. The van der Waals surface area contributed by atoms with Crippen LogP contribution in [-0.2, 0) is 14.8 Å². The van der Waals surface area contributed by atoms with Crippen molar-refractivity contribution in [3.63, 3.8) is 0 Å². The van der Waals surface area contributed by atoms with Crippen LogP contribution in [0.25, 0.3) is 10.8 Å². The number of nitrogens with two attached hydrogens (primary N) is 1. The Bertz CT molecular complexity index is 708. The summed E-state index contributed by atoms with van der Waals surface area (Å²) in [6.45, 7) is 0. The quantitative estimate of drug-likeness (QED) is 0.658. The molecule has 0 saturated carbocycles. The average molecular weight is 264 g/mol. The lowest BCUT2D eigenvalue weighted by atomic mass is 10.1. The molecule has 0 fully saturated rings. The second-order valence-electron chi connectivity index (χ2n) is 3.62. The summed E-state index contributed by atoms with van der Waals surface area (Å²) >= 11 is 0. The first-order valence-electron chi connectivity index (χ1n) is 5.16. The zero-order valence-corrected chi connectivity index (χ0v) is 10.5. The van der Waals surface area contributed by atoms with Crippen molar-refractivity contribution in [1.29, 1.82) is 0 Å². The molecule has 2 aromatic carbocycles. The van der Waals surface area contributed by atoms with Gasteiger partial charge in [0.2, 0.25) is 0 Å². The summed E-state index contributed by atoms with van der Waals surface area (Å²) < 4.78 is 31.7. The number of rotatable bonds is 2. The Kier molecular flexibility index (Phi) is 3.20. The molecule has 0 aliphatic rings. The molecule has 94 valence electrons. The molecule has 0 heterocycles. The maximum Gasteiger partial charge on any atom is 0.297 e. The maximum atomic E-state index is 11.9. The van der Waals surface area contributed by atoms with Crippen molar-refractivity contribution in [3.05, 3.63) is 42.5 Å². The van der Waals surface area contributed by atoms with Gasteiger partial charge < -0.3 is 10.5 Å². The molecule has 2 aromatic rings. The van der Waals surface area contributed by atoms with Crippen LogP contribution in [0, 0.1) is 0 Å².